The number of pyridine rings is 1. The number of aromatic nitrogens is 1. The van der Waals surface area contributed by atoms with Crippen LogP contribution < -0.4 is 11.1 Å². The number of nitrogens with one attached hydrogen (secondary N) is 1. The maximum atomic E-state index is 11.6. The molecule has 7 nitrogen and oxygen atoms in total. The quantitative estimate of drug-likeness (QED) is 0.451. The number of methoxy groups -OCH3 is 1. The number of aromatic hydroxyl groups is 1. The van der Waals surface area contributed by atoms with Gasteiger partial charge in [-0.1, -0.05) is 17.7 Å². The number of phenols is 1. The van der Waals surface area contributed by atoms with Gasteiger partial charge >= 0.3 is 5.97 Å². The van der Waals surface area contributed by atoms with Gasteiger partial charge in [-0.05, 0) is 18.2 Å². The van der Waals surface area contributed by atoms with Crippen LogP contribution in [0.4, 0.5) is 11.4 Å². The Morgan fingerprint density at radius 2 is 2.05 bits per heavy atom. The Morgan fingerprint density at radius 3 is 2.68 bits per heavy atom. The number of benzene rings is 1. The fourth-order valence-electron chi connectivity index (χ4n) is 1.79. The number of primary amides is 1. The van der Waals surface area contributed by atoms with Gasteiger partial charge in [0.15, 0.2) is 5.75 Å². The molecule has 0 fully saturated rings. The van der Waals surface area contributed by atoms with Crippen LogP contribution in [0.15, 0.2) is 30.5 Å². The minimum atomic E-state index is -0.713. The number of anilines is 2. The molecule has 1 aromatic heterocycles. The number of nitrogens with zero attached hydrogens (tertiary/aromatic N) is 1. The molecule has 0 radical (unpaired) electrons. The summed E-state index contributed by atoms with van der Waals surface area (Å²) in [4.78, 5) is 26.7. The molecule has 0 unspecified atom stereocenters. The monoisotopic (exact) mass is 321 g/mol. The van der Waals surface area contributed by atoms with Crippen LogP contribution in [0.2, 0.25) is 5.15 Å². The average Bonchev–Trinajstić information content (AvgIpc) is 2.48. The van der Waals surface area contributed by atoms with Crippen molar-refractivity contribution in [3.63, 3.8) is 0 Å². The van der Waals surface area contributed by atoms with Crippen LogP contribution in [0.5, 0.6) is 5.75 Å². The molecule has 0 aliphatic heterocycles. The zero-order valence-electron chi connectivity index (χ0n) is 11.5. The Labute approximate surface area is 130 Å². The van der Waals surface area contributed by atoms with Gasteiger partial charge in [0.05, 0.1) is 24.0 Å². The van der Waals surface area contributed by atoms with Crippen LogP contribution in [0.25, 0.3) is 0 Å². The van der Waals surface area contributed by atoms with Crippen LogP contribution in [0.3, 0.4) is 0 Å². The number of ether oxygens (including phenoxy) is 1. The summed E-state index contributed by atoms with van der Waals surface area (Å²) >= 11 is 5.79. The highest BCUT2D eigenvalue weighted by Crippen LogP contribution is 2.32. The fraction of sp³-hybridized carbons (Fsp3) is 0.0714. The van der Waals surface area contributed by atoms with Crippen LogP contribution in [0, 0.1) is 0 Å². The molecule has 22 heavy (non-hydrogen) atoms. The molecule has 4 N–H and O–H groups in total. The van der Waals surface area contributed by atoms with E-state index in [1.807, 2.05) is 0 Å². The van der Waals surface area contributed by atoms with E-state index >= 15 is 0 Å². The number of amides is 1. The number of carbonyl (C=O) groups excluding carboxylic acids is 2. The largest absolute Gasteiger partial charge is 0.505 e. The number of rotatable bonds is 4. The molecule has 0 atom stereocenters. The molecule has 2 aromatic rings. The van der Waals surface area contributed by atoms with Gasteiger partial charge in [0.1, 0.15) is 10.7 Å². The van der Waals surface area contributed by atoms with E-state index in [0.717, 1.165) is 0 Å². The van der Waals surface area contributed by atoms with Crippen molar-refractivity contribution in [3.8, 4) is 5.75 Å². The van der Waals surface area contributed by atoms with E-state index < -0.39 is 11.9 Å². The molecule has 0 saturated carbocycles. The number of nitrogens with two attached hydrogens (primary N) is 1. The molecule has 1 heterocycles. The van der Waals surface area contributed by atoms with E-state index in [9.17, 15) is 14.7 Å². The number of phenolic OH excluding ortho intramolecular Hbond substituents is 1. The predicted octanol–water partition coefficient (Wildman–Crippen LogP) is 2.07. The van der Waals surface area contributed by atoms with Crippen molar-refractivity contribution < 1.29 is 19.4 Å². The fourth-order valence-corrected chi connectivity index (χ4v) is 1.95. The first-order chi connectivity index (χ1) is 10.4. The summed E-state index contributed by atoms with van der Waals surface area (Å²) in [6.45, 7) is 0. The lowest BCUT2D eigenvalue weighted by molar-refractivity contribution is 0.0597. The molecule has 0 aliphatic rings. The van der Waals surface area contributed by atoms with E-state index in [-0.39, 0.29) is 33.4 Å². The summed E-state index contributed by atoms with van der Waals surface area (Å²) in [6, 6.07) is 5.84. The minimum Gasteiger partial charge on any atom is -0.505 e. The van der Waals surface area contributed by atoms with E-state index in [2.05, 4.69) is 15.0 Å². The lowest BCUT2D eigenvalue weighted by Gasteiger charge is -2.13. The third-order valence-electron chi connectivity index (χ3n) is 2.85. The maximum Gasteiger partial charge on any atom is 0.341 e. The van der Waals surface area contributed by atoms with Crippen molar-refractivity contribution in [1.29, 1.82) is 0 Å². The number of hydrogen-bond acceptors (Lipinski definition) is 6. The molecule has 0 aliphatic carbocycles. The molecule has 0 saturated heterocycles. The topological polar surface area (TPSA) is 115 Å². The summed E-state index contributed by atoms with van der Waals surface area (Å²) in [5, 5.41) is 13.1. The third kappa shape index (κ3) is 3.09. The number of para-hydroxylation sites is 1. The lowest BCUT2D eigenvalue weighted by atomic mass is 10.1. The van der Waals surface area contributed by atoms with Gasteiger partial charge in [-0.25, -0.2) is 9.78 Å². The highest BCUT2D eigenvalue weighted by Gasteiger charge is 2.16. The molecular formula is C14H12ClN3O4. The number of carbonyl (C=O) groups is 2. The molecular weight excluding hydrogens is 310 g/mol. The van der Waals surface area contributed by atoms with E-state index in [1.165, 1.54) is 31.5 Å². The third-order valence-corrected chi connectivity index (χ3v) is 3.05. The van der Waals surface area contributed by atoms with Gasteiger partial charge in [-0.15, -0.1) is 0 Å². The second-order valence-corrected chi connectivity index (χ2v) is 4.62. The average molecular weight is 322 g/mol. The highest BCUT2D eigenvalue weighted by molar-refractivity contribution is 6.29. The van der Waals surface area contributed by atoms with Crippen molar-refractivity contribution in [2.75, 3.05) is 12.4 Å². The van der Waals surface area contributed by atoms with Gasteiger partial charge in [-0.2, -0.15) is 0 Å². The Hall–Kier alpha value is -2.80. The van der Waals surface area contributed by atoms with E-state index in [1.54, 1.807) is 6.07 Å². The molecule has 1 amide bonds. The first-order valence-electron chi connectivity index (χ1n) is 6.06. The van der Waals surface area contributed by atoms with Gasteiger partial charge in [-0.3, -0.25) is 4.79 Å². The summed E-state index contributed by atoms with van der Waals surface area (Å²) in [5.74, 6) is -1.72. The standard InChI is InChI=1S/C14H12ClN3O4/c1-22-14(21)7-3-2-4-9(12(7)19)18-10-5-11(15)17-6-8(10)13(16)20/h2-6,19H,1H3,(H2,16,20)(H,17,18). The second kappa shape index (κ2) is 6.31. The van der Waals surface area contributed by atoms with Crippen molar-refractivity contribution in [2.24, 2.45) is 5.73 Å². The van der Waals surface area contributed by atoms with Gasteiger partial charge < -0.3 is 20.9 Å². The first-order valence-corrected chi connectivity index (χ1v) is 6.44. The number of esters is 1. The summed E-state index contributed by atoms with van der Waals surface area (Å²) in [6.07, 6.45) is 1.22. The van der Waals surface area contributed by atoms with Gasteiger partial charge in [0, 0.05) is 6.20 Å². The van der Waals surface area contributed by atoms with Gasteiger partial charge in [0.2, 0.25) is 0 Å². The number of hydrogen-bond donors (Lipinski definition) is 3. The summed E-state index contributed by atoms with van der Waals surface area (Å²) in [5.41, 5.74) is 5.77. The van der Waals surface area contributed by atoms with Gasteiger partial charge in [0.25, 0.3) is 5.91 Å². The maximum absolute atomic E-state index is 11.6. The SMILES string of the molecule is COC(=O)c1cccc(Nc2cc(Cl)ncc2C(N)=O)c1O. The van der Waals surface area contributed by atoms with Crippen molar-refractivity contribution in [2.45, 2.75) is 0 Å². The van der Waals surface area contributed by atoms with Crippen molar-refractivity contribution in [3.05, 3.63) is 46.7 Å². The lowest BCUT2D eigenvalue weighted by Crippen LogP contribution is -2.14. The van der Waals surface area contributed by atoms with Crippen LogP contribution in [-0.4, -0.2) is 29.1 Å². The Bertz CT molecular complexity index is 749. The molecule has 2 rings (SSSR count). The predicted molar refractivity (Wildman–Crippen MR) is 80.5 cm³/mol. The van der Waals surface area contributed by atoms with E-state index in [4.69, 9.17) is 17.3 Å². The minimum absolute atomic E-state index is 0.0201. The van der Waals surface area contributed by atoms with Crippen LogP contribution >= 0.6 is 11.6 Å². The van der Waals surface area contributed by atoms with Crippen molar-refractivity contribution in [1.82, 2.24) is 4.98 Å². The molecule has 0 spiro atoms. The van der Waals surface area contributed by atoms with Crippen molar-refractivity contribution >= 4 is 34.9 Å². The summed E-state index contributed by atoms with van der Waals surface area (Å²) < 4.78 is 4.57. The zero-order valence-corrected chi connectivity index (χ0v) is 12.2. The Morgan fingerprint density at radius 1 is 1.32 bits per heavy atom. The smallest absolute Gasteiger partial charge is 0.341 e. The highest BCUT2D eigenvalue weighted by atomic mass is 35.5. The van der Waals surface area contributed by atoms with Crippen LogP contribution in [-0.2, 0) is 4.74 Å². The molecule has 114 valence electrons. The molecule has 1 aromatic carbocycles. The Kier molecular flexibility index (Phi) is 4.47. The zero-order chi connectivity index (χ0) is 16.3. The number of halogens is 1. The normalized spacial score (nSPS) is 10.1. The van der Waals surface area contributed by atoms with E-state index in [0.29, 0.717) is 0 Å². The summed E-state index contributed by atoms with van der Waals surface area (Å²) in [7, 11) is 1.20. The van der Waals surface area contributed by atoms with Crippen LogP contribution in [0.1, 0.15) is 20.7 Å². The Balaban J connectivity index is 2.46. The molecule has 0 bridgehead atoms. The second-order valence-electron chi connectivity index (χ2n) is 4.24. The first kappa shape index (κ1) is 15.6. The molecule has 8 heteroatoms.